The van der Waals surface area contributed by atoms with Crippen LogP contribution in [-0.4, -0.2) is 43.6 Å². The molecule has 1 aromatic rings. The lowest BCUT2D eigenvalue weighted by Gasteiger charge is -2.26. The molecule has 1 atom stereocenters. The summed E-state index contributed by atoms with van der Waals surface area (Å²) >= 11 is 0. The number of benzene rings is 1. The third-order valence-electron chi connectivity index (χ3n) is 4.11. The first-order chi connectivity index (χ1) is 10.3. The van der Waals surface area contributed by atoms with Gasteiger partial charge in [0, 0.05) is 38.5 Å². The van der Waals surface area contributed by atoms with Crippen molar-refractivity contribution in [3.63, 3.8) is 0 Å². The molecule has 0 saturated heterocycles. The van der Waals surface area contributed by atoms with Crippen LogP contribution in [0.2, 0.25) is 0 Å². The Balaban J connectivity index is 1.76. The topological polar surface area (TPSA) is 41.6 Å². The summed E-state index contributed by atoms with van der Waals surface area (Å²) < 4.78 is 5.67. The third kappa shape index (κ3) is 4.21. The van der Waals surface area contributed by atoms with Gasteiger partial charge in [-0.15, -0.1) is 0 Å². The molecule has 1 aliphatic rings. The number of carbonyl (C=O) groups excluding carboxylic acids is 1. The van der Waals surface area contributed by atoms with Gasteiger partial charge in [-0.2, -0.15) is 0 Å². The summed E-state index contributed by atoms with van der Waals surface area (Å²) in [5, 5.41) is 3.43. The Labute approximate surface area is 127 Å². The van der Waals surface area contributed by atoms with E-state index in [-0.39, 0.29) is 5.91 Å². The van der Waals surface area contributed by atoms with Crippen molar-refractivity contribution in [1.82, 2.24) is 10.2 Å². The van der Waals surface area contributed by atoms with Gasteiger partial charge in [0.25, 0.3) is 0 Å². The summed E-state index contributed by atoms with van der Waals surface area (Å²) in [6, 6.07) is 8.25. The second-order valence-electron chi connectivity index (χ2n) is 5.39. The number of fused-ring (bicyclic) bond motifs is 1. The fourth-order valence-electron chi connectivity index (χ4n) is 2.83. The maximum atomic E-state index is 11.9. The Morgan fingerprint density at radius 3 is 2.86 bits per heavy atom. The molecular weight excluding hydrogens is 264 g/mol. The smallest absolute Gasteiger partial charge is 0.223 e. The maximum Gasteiger partial charge on any atom is 0.223 e. The standard InChI is InChI=1S/C17H26N2O2/c1-3-19(4-2)17(20)9-11-18-13-14-10-12-21-16-8-6-5-7-15(14)16/h5-8,14,18H,3-4,9-13H2,1-2H3. The molecule has 1 heterocycles. The van der Waals surface area contributed by atoms with Crippen molar-refractivity contribution >= 4 is 5.91 Å². The molecule has 4 heteroatoms. The average Bonchev–Trinajstić information content (AvgIpc) is 2.53. The highest BCUT2D eigenvalue weighted by molar-refractivity contribution is 5.76. The van der Waals surface area contributed by atoms with E-state index < -0.39 is 0 Å². The number of rotatable bonds is 7. The third-order valence-corrected chi connectivity index (χ3v) is 4.11. The minimum absolute atomic E-state index is 0.236. The largest absolute Gasteiger partial charge is 0.493 e. The van der Waals surface area contributed by atoms with Crippen molar-refractivity contribution in [3.05, 3.63) is 29.8 Å². The van der Waals surface area contributed by atoms with Crippen molar-refractivity contribution in [2.24, 2.45) is 0 Å². The summed E-state index contributed by atoms with van der Waals surface area (Å²) in [6.45, 7) is 8.06. The fourth-order valence-corrected chi connectivity index (χ4v) is 2.83. The first kappa shape index (κ1) is 15.8. The fraction of sp³-hybridized carbons (Fsp3) is 0.588. The molecule has 1 unspecified atom stereocenters. The van der Waals surface area contributed by atoms with Gasteiger partial charge in [0.2, 0.25) is 5.91 Å². The van der Waals surface area contributed by atoms with Crippen molar-refractivity contribution in [1.29, 1.82) is 0 Å². The van der Waals surface area contributed by atoms with Crippen LogP contribution in [-0.2, 0) is 4.79 Å². The highest BCUT2D eigenvalue weighted by Gasteiger charge is 2.20. The molecule has 116 valence electrons. The lowest BCUT2D eigenvalue weighted by molar-refractivity contribution is -0.130. The van der Waals surface area contributed by atoms with Gasteiger partial charge in [-0.1, -0.05) is 18.2 Å². The number of para-hydroxylation sites is 1. The molecule has 0 aliphatic carbocycles. The zero-order valence-corrected chi connectivity index (χ0v) is 13.1. The number of nitrogens with one attached hydrogen (secondary N) is 1. The number of carbonyl (C=O) groups is 1. The van der Waals surface area contributed by atoms with Crippen molar-refractivity contribution in [2.75, 3.05) is 32.8 Å². The number of nitrogens with zero attached hydrogens (tertiary/aromatic N) is 1. The highest BCUT2D eigenvalue weighted by Crippen LogP contribution is 2.32. The molecule has 1 aliphatic heterocycles. The van der Waals surface area contributed by atoms with Crippen LogP contribution < -0.4 is 10.1 Å². The first-order valence-electron chi connectivity index (χ1n) is 7.96. The molecule has 0 fully saturated rings. The van der Waals surface area contributed by atoms with Gasteiger partial charge in [0.05, 0.1) is 6.61 Å². The quantitative estimate of drug-likeness (QED) is 0.784. The molecule has 0 bridgehead atoms. The molecular formula is C17H26N2O2. The van der Waals surface area contributed by atoms with Crippen LogP contribution in [0.15, 0.2) is 24.3 Å². The predicted molar refractivity (Wildman–Crippen MR) is 84.7 cm³/mol. The lowest BCUT2D eigenvalue weighted by atomic mass is 9.93. The van der Waals surface area contributed by atoms with Crippen LogP contribution in [0.4, 0.5) is 0 Å². The van der Waals surface area contributed by atoms with Gasteiger partial charge in [-0.3, -0.25) is 4.79 Å². The van der Waals surface area contributed by atoms with E-state index in [4.69, 9.17) is 4.74 Å². The Morgan fingerprint density at radius 1 is 1.33 bits per heavy atom. The normalized spacial score (nSPS) is 17.0. The van der Waals surface area contributed by atoms with Gasteiger partial charge in [0.1, 0.15) is 5.75 Å². The Bertz CT molecular complexity index is 458. The maximum absolute atomic E-state index is 11.9. The molecule has 1 amide bonds. The van der Waals surface area contributed by atoms with Gasteiger partial charge in [-0.05, 0) is 31.9 Å². The summed E-state index contributed by atoms with van der Waals surface area (Å²) in [7, 11) is 0. The van der Waals surface area contributed by atoms with Crippen molar-refractivity contribution in [3.8, 4) is 5.75 Å². The Morgan fingerprint density at radius 2 is 2.10 bits per heavy atom. The van der Waals surface area contributed by atoms with Gasteiger partial charge in [-0.25, -0.2) is 0 Å². The molecule has 2 rings (SSSR count). The van der Waals surface area contributed by atoms with Crippen LogP contribution >= 0.6 is 0 Å². The molecule has 0 radical (unpaired) electrons. The zero-order chi connectivity index (χ0) is 15.1. The predicted octanol–water partition coefficient (Wildman–Crippen LogP) is 2.40. The highest BCUT2D eigenvalue weighted by atomic mass is 16.5. The Kier molecular flexibility index (Phi) is 6.05. The minimum atomic E-state index is 0.236. The first-order valence-corrected chi connectivity index (χ1v) is 7.96. The van der Waals surface area contributed by atoms with Crippen molar-refractivity contribution in [2.45, 2.75) is 32.6 Å². The molecule has 21 heavy (non-hydrogen) atoms. The van der Waals surface area contributed by atoms with Crippen LogP contribution in [0, 0.1) is 0 Å². The number of ether oxygens (including phenoxy) is 1. The van der Waals surface area contributed by atoms with Crippen molar-refractivity contribution < 1.29 is 9.53 Å². The molecule has 1 N–H and O–H groups in total. The lowest BCUT2D eigenvalue weighted by Crippen LogP contribution is -2.34. The number of amides is 1. The Hall–Kier alpha value is -1.55. The zero-order valence-electron chi connectivity index (χ0n) is 13.1. The van der Waals surface area contributed by atoms with Crippen LogP contribution in [0.3, 0.4) is 0 Å². The monoisotopic (exact) mass is 290 g/mol. The SMILES string of the molecule is CCN(CC)C(=O)CCNCC1CCOc2ccccc21. The van der Waals surface area contributed by atoms with E-state index in [1.54, 1.807) is 0 Å². The minimum Gasteiger partial charge on any atom is -0.493 e. The van der Waals surface area contributed by atoms with Crippen LogP contribution in [0.25, 0.3) is 0 Å². The van der Waals surface area contributed by atoms with Gasteiger partial charge < -0.3 is 15.0 Å². The molecule has 4 nitrogen and oxygen atoms in total. The molecule has 0 spiro atoms. The van der Waals surface area contributed by atoms with E-state index in [0.717, 1.165) is 45.0 Å². The van der Waals surface area contributed by atoms with E-state index >= 15 is 0 Å². The van der Waals surface area contributed by atoms with E-state index in [2.05, 4.69) is 17.4 Å². The van der Waals surface area contributed by atoms with Gasteiger partial charge in [0.15, 0.2) is 0 Å². The average molecular weight is 290 g/mol. The van der Waals surface area contributed by atoms with E-state index in [9.17, 15) is 4.79 Å². The molecule has 0 aromatic heterocycles. The summed E-state index contributed by atoms with van der Waals surface area (Å²) in [5.41, 5.74) is 1.28. The molecule has 1 aromatic carbocycles. The number of hydrogen-bond acceptors (Lipinski definition) is 3. The van der Waals surface area contributed by atoms with E-state index in [0.29, 0.717) is 12.3 Å². The second-order valence-corrected chi connectivity index (χ2v) is 5.39. The second kappa shape index (κ2) is 8.03. The van der Waals surface area contributed by atoms with E-state index in [1.165, 1.54) is 5.56 Å². The number of hydrogen-bond donors (Lipinski definition) is 1. The molecule has 0 saturated carbocycles. The van der Waals surface area contributed by atoms with Crippen LogP contribution in [0.1, 0.15) is 38.2 Å². The summed E-state index contributed by atoms with van der Waals surface area (Å²) in [4.78, 5) is 13.8. The van der Waals surface area contributed by atoms with Gasteiger partial charge >= 0.3 is 0 Å². The van der Waals surface area contributed by atoms with E-state index in [1.807, 2.05) is 30.9 Å². The van der Waals surface area contributed by atoms with Crippen LogP contribution in [0.5, 0.6) is 5.75 Å². The summed E-state index contributed by atoms with van der Waals surface area (Å²) in [6.07, 6.45) is 1.61. The summed E-state index contributed by atoms with van der Waals surface area (Å²) in [5.74, 6) is 1.73.